The first-order valence-corrected chi connectivity index (χ1v) is 9.16. The molecule has 5 heteroatoms. The minimum atomic E-state index is -0.437. The third-order valence-electron chi connectivity index (χ3n) is 5.71. The molecule has 0 spiro atoms. The Morgan fingerprint density at radius 2 is 1.96 bits per heavy atom. The predicted molar refractivity (Wildman–Crippen MR) is 96.3 cm³/mol. The van der Waals surface area contributed by atoms with Crippen LogP contribution in [0.1, 0.15) is 37.7 Å². The van der Waals surface area contributed by atoms with E-state index in [1.165, 1.54) is 0 Å². The Morgan fingerprint density at radius 3 is 2.56 bits per heavy atom. The van der Waals surface area contributed by atoms with E-state index in [0.717, 1.165) is 57.4 Å². The summed E-state index contributed by atoms with van der Waals surface area (Å²) in [6.45, 7) is 2.35. The smallest absolute Gasteiger partial charge is 0.232 e. The second kappa shape index (κ2) is 7.65. The first-order valence-electron chi connectivity index (χ1n) is 9.16. The van der Waals surface area contributed by atoms with Crippen molar-refractivity contribution in [3.63, 3.8) is 0 Å². The van der Waals surface area contributed by atoms with E-state index >= 15 is 0 Å². The Bertz CT molecular complexity index is 604. The molecule has 2 aliphatic rings. The van der Waals surface area contributed by atoms with E-state index in [-0.39, 0.29) is 5.91 Å². The normalized spacial score (nSPS) is 22.0. The second-order valence-electron chi connectivity index (χ2n) is 7.27. The zero-order valence-electron chi connectivity index (χ0n) is 15.5. The zero-order valence-corrected chi connectivity index (χ0v) is 15.5. The highest BCUT2D eigenvalue weighted by molar-refractivity contribution is 5.88. The number of rotatable bonds is 6. The molecule has 3 rings (SSSR count). The lowest BCUT2D eigenvalue weighted by atomic mass is 9.77. The van der Waals surface area contributed by atoms with Gasteiger partial charge in [-0.3, -0.25) is 4.79 Å². The number of carbonyl (C=O) groups is 1. The van der Waals surface area contributed by atoms with Gasteiger partial charge in [-0.1, -0.05) is 18.9 Å². The van der Waals surface area contributed by atoms with E-state index in [1.807, 2.05) is 30.1 Å². The third kappa shape index (κ3) is 3.47. The maximum Gasteiger partial charge on any atom is 0.232 e. The molecule has 0 radical (unpaired) electrons. The van der Waals surface area contributed by atoms with Crippen molar-refractivity contribution in [3.05, 3.63) is 23.8 Å². The van der Waals surface area contributed by atoms with Crippen molar-refractivity contribution >= 4 is 5.91 Å². The third-order valence-corrected chi connectivity index (χ3v) is 5.71. The molecule has 1 aliphatic heterocycles. The standard InChI is InChI=1S/C20H29NO4/c1-21(13-15-8-11-25-14-15)19(22)20(9-4-5-10-20)16-6-7-17(23-2)18(12-16)24-3/h6-7,12,15H,4-5,8-11,13-14H2,1-3H3/t15-/m0/s1. The summed E-state index contributed by atoms with van der Waals surface area (Å²) in [5.41, 5.74) is 0.607. The summed E-state index contributed by atoms with van der Waals surface area (Å²) in [5, 5.41) is 0. The highest BCUT2D eigenvalue weighted by atomic mass is 16.5. The van der Waals surface area contributed by atoms with Crippen molar-refractivity contribution in [3.8, 4) is 11.5 Å². The van der Waals surface area contributed by atoms with E-state index in [1.54, 1.807) is 14.2 Å². The van der Waals surface area contributed by atoms with Gasteiger partial charge in [0.2, 0.25) is 5.91 Å². The lowest BCUT2D eigenvalue weighted by Gasteiger charge is -2.34. The van der Waals surface area contributed by atoms with Gasteiger partial charge in [-0.25, -0.2) is 0 Å². The van der Waals surface area contributed by atoms with Crippen molar-refractivity contribution in [2.45, 2.75) is 37.5 Å². The lowest BCUT2D eigenvalue weighted by Crippen LogP contribution is -2.45. The number of ether oxygens (including phenoxy) is 3. The largest absolute Gasteiger partial charge is 0.493 e. The van der Waals surface area contributed by atoms with Crippen molar-refractivity contribution in [1.82, 2.24) is 4.90 Å². The number of amides is 1. The van der Waals surface area contributed by atoms with Crippen LogP contribution in [0.25, 0.3) is 0 Å². The van der Waals surface area contributed by atoms with Crippen LogP contribution in [0, 0.1) is 5.92 Å². The minimum absolute atomic E-state index is 0.226. The maximum absolute atomic E-state index is 13.4. The van der Waals surface area contributed by atoms with Crippen LogP contribution in [0.5, 0.6) is 11.5 Å². The van der Waals surface area contributed by atoms with Gasteiger partial charge < -0.3 is 19.1 Å². The number of methoxy groups -OCH3 is 2. The fourth-order valence-electron chi connectivity index (χ4n) is 4.30. The topological polar surface area (TPSA) is 48.0 Å². The van der Waals surface area contributed by atoms with Crippen LogP contribution in [0.15, 0.2) is 18.2 Å². The molecule has 1 aromatic rings. The summed E-state index contributed by atoms with van der Waals surface area (Å²) >= 11 is 0. The van der Waals surface area contributed by atoms with Gasteiger partial charge in [0, 0.05) is 26.1 Å². The Labute approximate surface area is 150 Å². The number of carbonyl (C=O) groups excluding carboxylic acids is 1. The molecular weight excluding hydrogens is 318 g/mol. The molecule has 0 aromatic heterocycles. The van der Waals surface area contributed by atoms with Gasteiger partial charge in [0.1, 0.15) is 0 Å². The average Bonchev–Trinajstić information content (AvgIpc) is 3.32. The molecule has 138 valence electrons. The summed E-state index contributed by atoms with van der Waals surface area (Å²) in [6.07, 6.45) is 5.00. The van der Waals surface area contributed by atoms with Gasteiger partial charge in [0.15, 0.2) is 11.5 Å². The second-order valence-corrected chi connectivity index (χ2v) is 7.27. The Hall–Kier alpha value is -1.75. The van der Waals surface area contributed by atoms with E-state index in [2.05, 4.69) is 0 Å². The number of nitrogens with zero attached hydrogens (tertiary/aromatic N) is 1. The molecule has 2 fully saturated rings. The molecule has 1 aliphatic carbocycles. The SMILES string of the molecule is COc1ccc(C2(C(=O)N(C)C[C@@H]3CCOC3)CCCC2)cc1OC. The number of hydrogen-bond acceptors (Lipinski definition) is 4. The van der Waals surface area contributed by atoms with Crippen molar-refractivity contribution in [1.29, 1.82) is 0 Å². The molecule has 1 amide bonds. The molecule has 0 unspecified atom stereocenters. The van der Waals surface area contributed by atoms with E-state index in [0.29, 0.717) is 17.4 Å². The van der Waals surface area contributed by atoms with E-state index < -0.39 is 5.41 Å². The summed E-state index contributed by atoms with van der Waals surface area (Å²) in [7, 11) is 5.20. The lowest BCUT2D eigenvalue weighted by molar-refractivity contribution is -0.136. The molecular formula is C20H29NO4. The number of hydrogen-bond donors (Lipinski definition) is 0. The van der Waals surface area contributed by atoms with Gasteiger partial charge in [-0.15, -0.1) is 0 Å². The predicted octanol–water partition coefficient (Wildman–Crippen LogP) is 3.01. The van der Waals surface area contributed by atoms with Crippen LogP contribution < -0.4 is 9.47 Å². The summed E-state index contributed by atoms with van der Waals surface area (Å²) < 4.78 is 16.3. The molecule has 1 saturated carbocycles. The zero-order chi connectivity index (χ0) is 17.9. The minimum Gasteiger partial charge on any atom is -0.493 e. The molecule has 1 heterocycles. The van der Waals surface area contributed by atoms with Crippen LogP contribution >= 0.6 is 0 Å². The van der Waals surface area contributed by atoms with Gasteiger partial charge in [0.25, 0.3) is 0 Å². The molecule has 0 N–H and O–H groups in total. The van der Waals surface area contributed by atoms with Gasteiger partial charge in [0.05, 0.1) is 26.2 Å². The van der Waals surface area contributed by atoms with Crippen LogP contribution in [0.3, 0.4) is 0 Å². The van der Waals surface area contributed by atoms with Crippen molar-refractivity contribution in [2.75, 3.05) is 41.0 Å². The van der Waals surface area contributed by atoms with Gasteiger partial charge >= 0.3 is 0 Å². The van der Waals surface area contributed by atoms with Crippen LogP contribution in [-0.2, 0) is 14.9 Å². The summed E-state index contributed by atoms with van der Waals surface area (Å²) in [5.74, 6) is 2.07. The van der Waals surface area contributed by atoms with Crippen LogP contribution in [0.2, 0.25) is 0 Å². The van der Waals surface area contributed by atoms with Crippen molar-refractivity contribution < 1.29 is 19.0 Å². The highest BCUT2D eigenvalue weighted by Crippen LogP contribution is 2.45. The van der Waals surface area contributed by atoms with E-state index in [9.17, 15) is 4.79 Å². The Kier molecular flexibility index (Phi) is 5.52. The number of benzene rings is 1. The summed E-state index contributed by atoms with van der Waals surface area (Å²) in [4.78, 5) is 15.3. The molecule has 0 bridgehead atoms. The maximum atomic E-state index is 13.4. The fraction of sp³-hybridized carbons (Fsp3) is 0.650. The average molecular weight is 347 g/mol. The molecule has 1 atom stereocenters. The monoisotopic (exact) mass is 347 g/mol. The van der Waals surface area contributed by atoms with Crippen LogP contribution in [-0.4, -0.2) is 51.8 Å². The Morgan fingerprint density at radius 1 is 1.24 bits per heavy atom. The van der Waals surface area contributed by atoms with Gasteiger partial charge in [-0.2, -0.15) is 0 Å². The highest BCUT2D eigenvalue weighted by Gasteiger charge is 2.45. The fourth-order valence-corrected chi connectivity index (χ4v) is 4.30. The molecule has 1 aromatic carbocycles. The number of likely N-dealkylation sites (N-methyl/N-ethyl adjacent to an activating group) is 1. The van der Waals surface area contributed by atoms with Gasteiger partial charge in [-0.05, 0) is 37.0 Å². The first-order chi connectivity index (χ1) is 12.1. The first kappa shape index (κ1) is 18.1. The molecule has 1 saturated heterocycles. The van der Waals surface area contributed by atoms with Crippen molar-refractivity contribution in [2.24, 2.45) is 5.92 Å². The quantitative estimate of drug-likeness (QED) is 0.794. The van der Waals surface area contributed by atoms with E-state index in [4.69, 9.17) is 14.2 Å². The van der Waals surface area contributed by atoms with Crippen LogP contribution in [0.4, 0.5) is 0 Å². The molecule has 5 nitrogen and oxygen atoms in total. The Balaban J connectivity index is 1.86. The summed E-state index contributed by atoms with van der Waals surface area (Å²) in [6, 6.07) is 5.91. The molecule has 25 heavy (non-hydrogen) atoms.